The number of nitrogens with zero attached hydrogens (tertiary/aromatic N) is 5. The van der Waals surface area contributed by atoms with Gasteiger partial charge in [0.1, 0.15) is 0 Å². The van der Waals surface area contributed by atoms with E-state index >= 15 is 0 Å². The van der Waals surface area contributed by atoms with E-state index in [0.29, 0.717) is 43.8 Å². The molecule has 5 rings (SSSR count). The second-order valence-electron chi connectivity index (χ2n) is 9.23. The number of rotatable bonds is 4. The van der Waals surface area contributed by atoms with Crippen molar-refractivity contribution < 1.29 is 13.2 Å². The van der Waals surface area contributed by atoms with E-state index in [1.165, 1.54) is 0 Å². The van der Waals surface area contributed by atoms with Gasteiger partial charge in [-0.1, -0.05) is 30.3 Å². The van der Waals surface area contributed by atoms with E-state index in [1.807, 2.05) is 59.8 Å². The molecule has 1 aromatic carbocycles. The molecule has 0 unspecified atom stereocenters. The maximum atomic E-state index is 13.7. The average Bonchev–Trinajstić information content (AvgIpc) is 3.41. The molecule has 33 heavy (non-hydrogen) atoms. The van der Waals surface area contributed by atoms with Crippen molar-refractivity contribution in [2.24, 2.45) is 0 Å². The van der Waals surface area contributed by atoms with Gasteiger partial charge in [0.05, 0.1) is 34.3 Å². The van der Waals surface area contributed by atoms with Gasteiger partial charge in [0.2, 0.25) is 0 Å². The van der Waals surface area contributed by atoms with Gasteiger partial charge in [-0.25, -0.2) is 18.1 Å². The Hall–Kier alpha value is -2.78. The van der Waals surface area contributed by atoms with Crippen LogP contribution in [0.5, 0.6) is 0 Å². The number of carbonyl (C=O) groups is 1. The average molecular weight is 468 g/mol. The number of amides is 1. The largest absolute Gasteiger partial charge is 0.336 e. The molecule has 0 radical (unpaired) electrons. The second kappa shape index (κ2) is 8.53. The first-order chi connectivity index (χ1) is 15.8. The first kappa shape index (κ1) is 22.0. The van der Waals surface area contributed by atoms with Crippen LogP contribution in [0.15, 0.2) is 42.6 Å². The summed E-state index contributed by atoms with van der Waals surface area (Å²) in [6.45, 7) is 6.64. The SMILES string of the molecule is CC(C)n1ncc2c(C(=O)N3CCN([C@H]4CCS(=O)(=O)C4)CC3)cc(-c3ccccc3)nc21. The molecule has 2 saturated heterocycles. The molecule has 174 valence electrons. The summed E-state index contributed by atoms with van der Waals surface area (Å²) in [5.74, 6) is 0.482. The van der Waals surface area contributed by atoms with E-state index in [1.54, 1.807) is 6.20 Å². The standard InChI is InChI=1S/C24H29N5O3S/c1-17(2)29-23-21(15-25-29)20(14-22(26-23)18-6-4-3-5-7-18)24(30)28-11-9-27(10-12-28)19-8-13-33(31,32)16-19/h3-7,14-15,17,19H,8-13,16H2,1-2H3/t19-/m0/s1. The molecular weight excluding hydrogens is 438 g/mol. The lowest BCUT2D eigenvalue weighted by Crippen LogP contribution is -2.52. The van der Waals surface area contributed by atoms with Crippen molar-refractivity contribution >= 4 is 26.8 Å². The maximum Gasteiger partial charge on any atom is 0.254 e. The summed E-state index contributed by atoms with van der Waals surface area (Å²) in [5, 5.41) is 5.28. The van der Waals surface area contributed by atoms with Crippen LogP contribution in [0.3, 0.4) is 0 Å². The molecule has 4 heterocycles. The lowest BCUT2D eigenvalue weighted by molar-refractivity contribution is 0.0589. The van der Waals surface area contributed by atoms with E-state index in [2.05, 4.69) is 10.00 Å². The van der Waals surface area contributed by atoms with Gasteiger partial charge in [0, 0.05) is 43.8 Å². The van der Waals surface area contributed by atoms with Crippen LogP contribution in [0.4, 0.5) is 0 Å². The summed E-state index contributed by atoms with van der Waals surface area (Å²) < 4.78 is 25.6. The van der Waals surface area contributed by atoms with Gasteiger partial charge in [0.25, 0.3) is 5.91 Å². The summed E-state index contributed by atoms with van der Waals surface area (Å²) in [7, 11) is -2.92. The molecule has 0 bridgehead atoms. The van der Waals surface area contributed by atoms with Crippen LogP contribution >= 0.6 is 0 Å². The number of sulfone groups is 1. The Labute approximate surface area is 194 Å². The number of carbonyl (C=O) groups excluding carboxylic acids is 1. The third kappa shape index (κ3) is 4.27. The number of benzene rings is 1. The monoisotopic (exact) mass is 467 g/mol. The van der Waals surface area contributed by atoms with Crippen molar-refractivity contribution in [2.75, 3.05) is 37.7 Å². The molecule has 1 amide bonds. The zero-order valence-corrected chi connectivity index (χ0v) is 19.8. The minimum atomic E-state index is -2.92. The maximum absolute atomic E-state index is 13.7. The molecule has 0 spiro atoms. The third-order valence-corrected chi connectivity index (χ3v) is 8.43. The van der Waals surface area contributed by atoms with Crippen molar-refractivity contribution in [1.82, 2.24) is 24.6 Å². The highest BCUT2D eigenvalue weighted by atomic mass is 32.2. The Kier molecular flexibility index (Phi) is 5.70. The van der Waals surface area contributed by atoms with E-state index < -0.39 is 9.84 Å². The Balaban J connectivity index is 1.44. The van der Waals surface area contributed by atoms with Crippen LogP contribution < -0.4 is 0 Å². The number of fused-ring (bicyclic) bond motifs is 1. The predicted octanol–water partition coefficient (Wildman–Crippen LogP) is 2.62. The highest BCUT2D eigenvalue weighted by molar-refractivity contribution is 7.91. The quantitative estimate of drug-likeness (QED) is 0.586. The van der Waals surface area contributed by atoms with Crippen molar-refractivity contribution in [1.29, 1.82) is 0 Å². The van der Waals surface area contributed by atoms with Gasteiger partial charge < -0.3 is 4.90 Å². The number of hydrogen-bond acceptors (Lipinski definition) is 6. The Morgan fingerprint density at radius 1 is 1.09 bits per heavy atom. The van der Waals surface area contributed by atoms with Gasteiger partial charge in [-0.2, -0.15) is 5.10 Å². The molecule has 0 saturated carbocycles. The molecule has 9 heteroatoms. The van der Waals surface area contributed by atoms with Crippen LogP contribution in [-0.2, 0) is 9.84 Å². The first-order valence-corrected chi connectivity index (χ1v) is 13.3. The molecule has 0 N–H and O–H groups in total. The van der Waals surface area contributed by atoms with Gasteiger partial charge in [-0.15, -0.1) is 0 Å². The van der Waals surface area contributed by atoms with Crippen LogP contribution in [-0.4, -0.2) is 82.6 Å². The van der Waals surface area contributed by atoms with Crippen molar-refractivity contribution in [3.8, 4) is 11.3 Å². The van der Waals surface area contributed by atoms with Crippen LogP contribution in [0.1, 0.15) is 36.7 Å². The number of hydrogen-bond donors (Lipinski definition) is 0. The molecule has 0 aliphatic carbocycles. The van der Waals surface area contributed by atoms with Gasteiger partial charge in [-0.05, 0) is 26.3 Å². The minimum absolute atomic E-state index is 0.0263. The van der Waals surface area contributed by atoms with Crippen molar-refractivity contribution in [3.05, 3.63) is 48.2 Å². The van der Waals surface area contributed by atoms with E-state index in [0.717, 1.165) is 16.6 Å². The summed E-state index contributed by atoms with van der Waals surface area (Å²) in [4.78, 5) is 22.6. The Morgan fingerprint density at radius 3 is 2.45 bits per heavy atom. The molecule has 2 aliphatic rings. The second-order valence-corrected chi connectivity index (χ2v) is 11.5. The smallest absolute Gasteiger partial charge is 0.254 e. The number of aromatic nitrogens is 3. The minimum Gasteiger partial charge on any atom is -0.336 e. The van der Waals surface area contributed by atoms with Crippen LogP contribution in [0.2, 0.25) is 0 Å². The fourth-order valence-corrected chi connectivity index (χ4v) is 6.62. The topological polar surface area (TPSA) is 88.4 Å². The summed E-state index contributed by atoms with van der Waals surface area (Å²) in [6, 6.07) is 11.9. The van der Waals surface area contributed by atoms with Crippen molar-refractivity contribution in [3.63, 3.8) is 0 Å². The molecule has 8 nitrogen and oxygen atoms in total. The zero-order valence-electron chi connectivity index (χ0n) is 19.0. The third-order valence-electron chi connectivity index (χ3n) is 6.68. The zero-order chi connectivity index (χ0) is 23.2. The molecule has 3 aromatic rings. The summed E-state index contributed by atoms with van der Waals surface area (Å²) in [5.41, 5.74) is 3.04. The number of pyridine rings is 1. The normalized spacial score (nSPS) is 21.2. The van der Waals surface area contributed by atoms with Crippen LogP contribution in [0, 0.1) is 0 Å². The fourth-order valence-electron chi connectivity index (χ4n) is 4.85. The lowest BCUT2D eigenvalue weighted by Gasteiger charge is -2.37. The van der Waals surface area contributed by atoms with Crippen LogP contribution in [0.25, 0.3) is 22.3 Å². The van der Waals surface area contributed by atoms with Gasteiger partial charge in [0.15, 0.2) is 15.5 Å². The highest BCUT2D eigenvalue weighted by Gasteiger charge is 2.35. The highest BCUT2D eigenvalue weighted by Crippen LogP contribution is 2.28. The fraction of sp³-hybridized carbons (Fsp3) is 0.458. The Bertz CT molecular complexity index is 1280. The predicted molar refractivity (Wildman–Crippen MR) is 128 cm³/mol. The Morgan fingerprint density at radius 2 is 1.82 bits per heavy atom. The van der Waals surface area contributed by atoms with E-state index in [4.69, 9.17) is 4.98 Å². The molecule has 2 aromatic heterocycles. The first-order valence-electron chi connectivity index (χ1n) is 11.5. The number of piperazine rings is 1. The van der Waals surface area contributed by atoms with E-state index in [-0.39, 0.29) is 29.5 Å². The molecular formula is C24H29N5O3S. The van der Waals surface area contributed by atoms with Gasteiger partial charge >= 0.3 is 0 Å². The summed E-state index contributed by atoms with van der Waals surface area (Å²) >= 11 is 0. The molecule has 1 atom stereocenters. The lowest BCUT2D eigenvalue weighted by atomic mass is 10.1. The van der Waals surface area contributed by atoms with E-state index in [9.17, 15) is 13.2 Å². The van der Waals surface area contributed by atoms with Crippen molar-refractivity contribution in [2.45, 2.75) is 32.4 Å². The summed E-state index contributed by atoms with van der Waals surface area (Å²) in [6.07, 6.45) is 2.43. The van der Waals surface area contributed by atoms with Gasteiger partial charge in [-0.3, -0.25) is 9.69 Å². The molecule has 2 fully saturated rings. The molecule has 2 aliphatic heterocycles.